The molecule has 0 aromatic rings. The van der Waals surface area contributed by atoms with E-state index < -0.39 is 0 Å². The van der Waals surface area contributed by atoms with Crippen LogP contribution in [0.25, 0.3) is 0 Å². The van der Waals surface area contributed by atoms with Gasteiger partial charge in [0.15, 0.2) is 0 Å². The zero-order chi connectivity index (χ0) is 10.5. The smallest absolute Gasteiger partial charge is 0.0587 e. The van der Waals surface area contributed by atoms with Gasteiger partial charge in [0.1, 0.15) is 0 Å². The fourth-order valence-electron chi connectivity index (χ4n) is 1.48. The number of aliphatic hydroxyl groups is 2. The number of hydrogen-bond acceptors (Lipinski definition) is 3. The number of hydrogen-bond donors (Lipinski definition) is 2. The molecule has 1 atom stereocenters. The average molecular weight is 189 g/mol. The molecule has 80 valence electrons. The van der Waals surface area contributed by atoms with Gasteiger partial charge in [-0.1, -0.05) is 20.8 Å². The molecule has 0 aliphatic rings. The Morgan fingerprint density at radius 1 is 1.23 bits per heavy atom. The van der Waals surface area contributed by atoms with Crippen molar-refractivity contribution in [3.05, 3.63) is 0 Å². The highest BCUT2D eigenvalue weighted by molar-refractivity contribution is 4.73. The summed E-state index contributed by atoms with van der Waals surface area (Å²) < 4.78 is 0. The van der Waals surface area contributed by atoms with Crippen LogP contribution in [-0.2, 0) is 0 Å². The number of nitrogens with zero attached hydrogens (tertiary/aromatic N) is 1. The fourth-order valence-corrected chi connectivity index (χ4v) is 1.48. The Morgan fingerprint density at radius 3 is 2.08 bits per heavy atom. The van der Waals surface area contributed by atoms with Gasteiger partial charge in [-0.25, -0.2) is 0 Å². The second-order valence-corrected chi connectivity index (χ2v) is 4.82. The van der Waals surface area contributed by atoms with Crippen molar-refractivity contribution in [2.24, 2.45) is 5.41 Å². The highest BCUT2D eigenvalue weighted by atomic mass is 16.3. The first kappa shape index (κ1) is 12.9. The van der Waals surface area contributed by atoms with Crippen LogP contribution in [0.15, 0.2) is 0 Å². The lowest BCUT2D eigenvalue weighted by Crippen LogP contribution is -2.40. The number of likely N-dealkylation sites (N-methyl/N-ethyl adjacent to an activating group) is 1. The summed E-state index contributed by atoms with van der Waals surface area (Å²) in [4.78, 5) is 2.11. The Morgan fingerprint density at radius 2 is 1.77 bits per heavy atom. The molecule has 0 fully saturated rings. The minimum Gasteiger partial charge on any atom is -0.396 e. The largest absolute Gasteiger partial charge is 0.396 e. The summed E-state index contributed by atoms with van der Waals surface area (Å²) in [6, 6.07) is 0.0872. The molecule has 0 radical (unpaired) electrons. The maximum atomic E-state index is 9.07. The molecule has 0 aromatic carbocycles. The van der Waals surface area contributed by atoms with Crippen LogP contribution < -0.4 is 0 Å². The van der Waals surface area contributed by atoms with E-state index in [-0.39, 0.29) is 24.7 Å². The predicted molar refractivity (Wildman–Crippen MR) is 54.7 cm³/mol. The van der Waals surface area contributed by atoms with E-state index in [9.17, 15) is 0 Å². The van der Waals surface area contributed by atoms with Crippen LogP contribution in [0, 0.1) is 5.41 Å². The van der Waals surface area contributed by atoms with Crippen molar-refractivity contribution in [1.29, 1.82) is 0 Å². The first-order valence-electron chi connectivity index (χ1n) is 4.82. The van der Waals surface area contributed by atoms with Crippen molar-refractivity contribution in [3.63, 3.8) is 0 Å². The topological polar surface area (TPSA) is 43.7 Å². The monoisotopic (exact) mass is 189 g/mol. The summed E-state index contributed by atoms with van der Waals surface area (Å²) in [5, 5.41) is 17.8. The molecule has 0 heterocycles. The van der Waals surface area contributed by atoms with Gasteiger partial charge in [0.25, 0.3) is 0 Å². The van der Waals surface area contributed by atoms with Crippen LogP contribution in [0.5, 0.6) is 0 Å². The minimum atomic E-state index is 0.0872. The van der Waals surface area contributed by atoms with Crippen LogP contribution in [-0.4, -0.2) is 48.0 Å². The second kappa shape index (κ2) is 5.58. The molecule has 13 heavy (non-hydrogen) atoms. The summed E-state index contributed by atoms with van der Waals surface area (Å²) in [7, 11) is 1.99. The molecule has 1 unspecified atom stereocenters. The standard InChI is InChI=1S/C10H23NO2/c1-10(2,3)8-11(4)9(7-13)5-6-12/h9,12-13H,5-8H2,1-4H3. The van der Waals surface area contributed by atoms with Gasteiger partial charge in [0.2, 0.25) is 0 Å². The lowest BCUT2D eigenvalue weighted by atomic mass is 9.95. The van der Waals surface area contributed by atoms with E-state index in [1.807, 2.05) is 7.05 Å². The van der Waals surface area contributed by atoms with E-state index >= 15 is 0 Å². The Labute approximate surface area is 81.4 Å². The van der Waals surface area contributed by atoms with E-state index in [1.165, 1.54) is 0 Å². The maximum absolute atomic E-state index is 9.07. The molecule has 3 heteroatoms. The van der Waals surface area contributed by atoms with Crippen molar-refractivity contribution >= 4 is 0 Å². The Balaban J connectivity index is 3.97. The van der Waals surface area contributed by atoms with Gasteiger partial charge >= 0.3 is 0 Å². The van der Waals surface area contributed by atoms with Crippen LogP contribution >= 0.6 is 0 Å². The number of rotatable bonds is 5. The summed E-state index contributed by atoms with van der Waals surface area (Å²) in [5.41, 5.74) is 0.234. The molecule has 0 aliphatic heterocycles. The predicted octanol–water partition coefficient (Wildman–Crippen LogP) is 0.708. The van der Waals surface area contributed by atoms with Gasteiger partial charge in [-0.3, -0.25) is 0 Å². The lowest BCUT2D eigenvalue weighted by Gasteiger charge is -2.32. The van der Waals surface area contributed by atoms with Gasteiger partial charge in [0, 0.05) is 19.2 Å². The molecule has 0 aromatic heterocycles. The van der Waals surface area contributed by atoms with Gasteiger partial charge in [-0.2, -0.15) is 0 Å². The van der Waals surface area contributed by atoms with Crippen molar-refractivity contribution in [3.8, 4) is 0 Å². The molecular weight excluding hydrogens is 166 g/mol. The third kappa shape index (κ3) is 6.02. The Kier molecular flexibility index (Phi) is 5.53. The normalized spacial score (nSPS) is 15.0. The van der Waals surface area contributed by atoms with Gasteiger partial charge < -0.3 is 15.1 Å². The molecule has 0 bridgehead atoms. The van der Waals surface area contributed by atoms with Crippen LogP contribution in [0.3, 0.4) is 0 Å². The molecule has 0 spiro atoms. The van der Waals surface area contributed by atoms with E-state index in [2.05, 4.69) is 25.7 Å². The van der Waals surface area contributed by atoms with E-state index in [0.29, 0.717) is 6.42 Å². The molecule has 0 saturated heterocycles. The molecule has 0 rings (SSSR count). The van der Waals surface area contributed by atoms with Gasteiger partial charge in [0.05, 0.1) is 6.61 Å². The molecule has 0 amide bonds. The Bertz CT molecular complexity index is 131. The SMILES string of the molecule is CN(CC(C)(C)C)C(CO)CCO. The zero-order valence-electron chi connectivity index (χ0n) is 9.25. The van der Waals surface area contributed by atoms with E-state index in [4.69, 9.17) is 10.2 Å². The van der Waals surface area contributed by atoms with Crippen molar-refractivity contribution < 1.29 is 10.2 Å². The summed E-state index contributed by atoms with van der Waals surface area (Å²) in [6.07, 6.45) is 0.642. The second-order valence-electron chi connectivity index (χ2n) is 4.82. The lowest BCUT2D eigenvalue weighted by molar-refractivity contribution is 0.0938. The van der Waals surface area contributed by atoms with E-state index in [0.717, 1.165) is 6.54 Å². The summed E-state index contributed by atoms with van der Waals surface area (Å²) >= 11 is 0. The van der Waals surface area contributed by atoms with Crippen LogP contribution in [0.1, 0.15) is 27.2 Å². The molecule has 2 N–H and O–H groups in total. The third-order valence-electron chi connectivity index (χ3n) is 2.02. The third-order valence-corrected chi connectivity index (χ3v) is 2.02. The first-order valence-corrected chi connectivity index (χ1v) is 4.82. The summed E-state index contributed by atoms with van der Waals surface area (Å²) in [6.45, 7) is 7.68. The van der Waals surface area contributed by atoms with Crippen molar-refractivity contribution in [2.75, 3.05) is 26.8 Å². The van der Waals surface area contributed by atoms with Crippen molar-refractivity contribution in [1.82, 2.24) is 4.90 Å². The molecular formula is C10H23NO2. The average Bonchev–Trinajstić information content (AvgIpc) is 1.96. The zero-order valence-corrected chi connectivity index (χ0v) is 9.25. The highest BCUT2D eigenvalue weighted by Gasteiger charge is 2.19. The minimum absolute atomic E-state index is 0.0872. The van der Waals surface area contributed by atoms with Crippen LogP contribution in [0.2, 0.25) is 0 Å². The van der Waals surface area contributed by atoms with Gasteiger partial charge in [-0.05, 0) is 18.9 Å². The first-order chi connectivity index (χ1) is 5.90. The van der Waals surface area contributed by atoms with Crippen molar-refractivity contribution in [2.45, 2.75) is 33.2 Å². The quantitative estimate of drug-likeness (QED) is 0.669. The Hall–Kier alpha value is -0.120. The summed E-state index contributed by atoms with van der Waals surface area (Å²) in [5.74, 6) is 0. The number of aliphatic hydroxyl groups excluding tert-OH is 2. The fraction of sp³-hybridized carbons (Fsp3) is 1.00. The van der Waals surface area contributed by atoms with Gasteiger partial charge in [-0.15, -0.1) is 0 Å². The van der Waals surface area contributed by atoms with Crippen LogP contribution in [0.4, 0.5) is 0 Å². The maximum Gasteiger partial charge on any atom is 0.0587 e. The highest BCUT2D eigenvalue weighted by Crippen LogP contribution is 2.16. The molecule has 3 nitrogen and oxygen atoms in total. The molecule has 0 saturated carbocycles. The van der Waals surface area contributed by atoms with E-state index in [1.54, 1.807) is 0 Å². The molecule has 0 aliphatic carbocycles.